The second-order valence-corrected chi connectivity index (χ2v) is 8.34. The molecule has 0 spiro atoms. The summed E-state index contributed by atoms with van der Waals surface area (Å²) in [6, 6.07) is 9.14. The van der Waals surface area contributed by atoms with Crippen molar-refractivity contribution in [1.82, 2.24) is 10.2 Å². The highest BCUT2D eigenvalue weighted by Crippen LogP contribution is 2.27. The van der Waals surface area contributed by atoms with Crippen LogP contribution in [-0.2, 0) is 17.7 Å². The number of nitrogens with zero attached hydrogens (tertiary/aromatic N) is 1. The van der Waals surface area contributed by atoms with Gasteiger partial charge in [-0.2, -0.15) is 0 Å². The Morgan fingerprint density at radius 1 is 1.25 bits per heavy atom. The highest BCUT2D eigenvalue weighted by Gasteiger charge is 2.32. The molecule has 3 rings (SSSR count). The summed E-state index contributed by atoms with van der Waals surface area (Å²) >= 11 is 0. The highest BCUT2D eigenvalue weighted by molar-refractivity contribution is 5.29. The molecule has 134 valence electrons. The summed E-state index contributed by atoms with van der Waals surface area (Å²) in [7, 11) is 0. The maximum Gasteiger partial charge on any atom is 0.0791 e. The van der Waals surface area contributed by atoms with E-state index in [9.17, 15) is 5.11 Å². The Morgan fingerprint density at radius 2 is 1.96 bits per heavy atom. The molecule has 1 aromatic carbocycles. The van der Waals surface area contributed by atoms with E-state index in [4.69, 9.17) is 4.74 Å². The minimum absolute atomic E-state index is 0.0558. The van der Waals surface area contributed by atoms with Gasteiger partial charge in [-0.25, -0.2) is 0 Å². The van der Waals surface area contributed by atoms with Crippen LogP contribution in [0.25, 0.3) is 0 Å². The van der Waals surface area contributed by atoms with Crippen LogP contribution in [0.5, 0.6) is 0 Å². The third-order valence-corrected chi connectivity index (χ3v) is 4.94. The molecule has 1 aliphatic carbocycles. The van der Waals surface area contributed by atoms with Gasteiger partial charge < -0.3 is 15.2 Å². The van der Waals surface area contributed by atoms with Crippen LogP contribution < -0.4 is 5.32 Å². The first-order valence-corrected chi connectivity index (χ1v) is 9.27. The average molecular weight is 332 g/mol. The van der Waals surface area contributed by atoms with Crippen molar-refractivity contribution in [2.75, 3.05) is 19.6 Å². The van der Waals surface area contributed by atoms with Crippen LogP contribution in [0, 0.1) is 0 Å². The van der Waals surface area contributed by atoms with Crippen LogP contribution in [-0.4, -0.2) is 53.5 Å². The molecule has 1 unspecified atom stereocenters. The van der Waals surface area contributed by atoms with E-state index in [0.717, 1.165) is 38.9 Å². The van der Waals surface area contributed by atoms with Crippen molar-refractivity contribution >= 4 is 0 Å². The molecular formula is C20H32N2O2. The van der Waals surface area contributed by atoms with E-state index in [1.54, 1.807) is 0 Å². The molecule has 1 aliphatic heterocycles. The minimum Gasteiger partial charge on any atom is -0.390 e. The van der Waals surface area contributed by atoms with Crippen LogP contribution >= 0.6 is 0 Å². The molecule has 1 heterocycles. The molecule has 1 aromatic rings. The van der Waals surface area contributed by atoms with Gasteiger partial charge in [0.05, 0.1) is 17.8 Å². The van der Waals surface area contributed by atoms with E-state index in [1.165, 1.54) is 11.1 Å². The van der Waals surface area contributed by atoms with Gasteiger partial charge in [0.25, 0.3) is 0 Å². The number of hydrogen-bond donors (Lipinski definition) is 2. The largest absolute Gasteiger partial charge is 0.390 e. The van der Waals surface area contributed by atoms with Crippen molar-refractivity contribution in [3.63, 3.8) is 0 Å². The monoisotopic (exact) mass is 332 g/mol. The first-order valence-electron chi connectivity index (χ1n) is 9.27. The van der Waals surface area contributed by atoms with Crippen LogP contribution in [0.4, 0.5) is 0 Å². The number of β-amino-alcohol motifs (C(OH)–C–C–N with tert-alkyl or cyclic N) is 1. The number of benzene rings is 1. The number of aliphatic hydroxyl groups is 1. The third-order valence-electron chi connectivity index (χ3n) is 4.94. The van der Waals surface area contributed by atoms with Gasteiger partial charge in [0.1, 0.15) is 0 Å². The van der Waals surface area contributed by atoms with Gasteiger partial charge in [0, 0.05) is 32.2 Å². The lowest BCUT2D eigenvalue weighted by Gasteiger charge is -2.40. The van der Waals surface area contributed by atoms with E-state index in [0.29, 0.717) is 18.7 Å². The van der Waals surface area contributed by atoms with E-state index in [1.807, 2.05) is 0 Å². The van der Waals surface area contributed by atoms with Crippen molar-refractivity contribution in [3.8, 4) is 0 Å². The maximum atomic E-state index is 10.3. The SMILES string of the molecule is CC(C)(C)OC1CC(NCC(O)CN2CCc3ccccc3C2)C1. The fourth-order valence-electron chi connectivity index (χ4n) is 3.70. The van der Waals surface area contributed by atoms with Gasteiger partial charge in [-0.05, 0) is 51.2 Å². The Morgan fingerprint density at radius 3 is 2.67 bits per heavy atom. The van der Waals surface area contributed by atoms with Gasteiger partial charge in [0.2, 0.25) is 0 Å². The molecule has 0 radical (unpaired) electrons. The third kappa shape index (κ3) is 5.03. The first kappa shape index (κ1) is 17.9. The molecule has 24 heavy (non-hydrogen) atoms. The molecule has 4 nitrogen and oxygen atoms in total. The lowest BCUT2D eigenvalue weighted by molar-refractivity contribution is -0.103. The standard InChI is InChI=1S/C20H32N2O2/c1-20(2,3)24-19-10-17(11-19)21-12-18(23)14-22-9-8-15-6-4-5-7-16(15)13-22/h4-7,17-19,21,23H,8-14H2,1-3H3. The number of aliphatic hydroxyl groups excluding tert-OH is 1. The Bertz CT molecular complexity index is 535. The van der Waals surface area contributed by atoms with Crippen LogP contribution in [0.3, 0.4) is 0 Å². The zero-order valence-electron chi connectivity index (χ0n) is 15.3. The Labute approximate surface area is 146 Å². The van der Waals surface area contributed by atoms with Gasteiger partial charge in [-0.3, -0.25) is 4.90 Å². The number of fused-ring (bicyclic) bond motifs is 1. The minimum atomic E-state index is -0.308. The lowest BCUT2D eigenvalue weighted by atomic mass is 9.88. The predicted octanol–water partition coefficient (Wildman–Crippen LogP) is 2.34. The number of hydrogen-bond acceptors (Lipinski definition) is 4. The summed E-state index contributed by atoms with van der Waals surface area (Å²) in [5.41, 5.74) is 2.81. The fourth-order valence-corrected chi connectivity index (χ4v) is 3.70. The van der Waals surface area contributed by atoms with Crippen molar-refractivity contribution in [1.29, 1.82) is 0 Å². The summed E-state index contributed by atoms with van der Waals surface area (Å²) in [6.07, 6.45) is 3.27. The zero-order chi connectivity index (χ0) is 17.2. The first-order chi connectivity index (χ1) is 11.4. The topological polar surface area (TPSA) is 44.7 Å². The predicted molar refractivity (Wildman–Crippen MR) is 97.1 cm³/mol. The molecule has 0 bridgehead atoms. The molecule has 2 aliphatic rings. The van der Waals surface area contributed by atoms with Crippen molar-refractivity contribution in [3.05, 3.63) is 35.4 Å². The number of ether oxygens (including phenoxy) is 1. The summed E-state index contributed by atoms with van der Waals surface area (Å²) in [5.74, 6) is 0. The summed E-state index contributed by atoms with van der Waals surface area (Å²) in [5, 5.41) is 13.8. The van der Waals surface area contributed by atoms with Crippen molar-refractivity contribution in [2.24, 2.45) is 0 Å². The summed E-state index contributed by atoms with van der Waals surface area (Å²) in [6.45, 7) is 9.73. The zero-order valence-corrected chi connectivity index (χ0v) is 15.3. The highest BCUT2D eigenvalue weighted by atomic mass is 16.5. The molecule has 2 N–H and O–H groups in total. The summed E-state index contributed by atoms with van der Waals surface area (Å²) < 4.78 is 5.95. The van der Waals surface area contributed by atoms with Gasteiger partial charge in [-0.15, -0.1) is 0 Å². The van der Waals surface area contributed by atoms with E-state index >= 15 is 0 Å². The molecule has 4 heteroatoms. The molecule has 1 saturated carbocycles. The van der Waals surface area contributed by atoms with Gasteiger partial charge in [0.15, 0.2) is 0 Å². The molecule has 0 aromatic heterocycles. The smallest absolute Gasteiger partial charge is 0.0791 e. The lowest BCUT2D eigenvalue weighted by Crippen LogP contribution is -2.50. The maximum absolute atomic E-state index is 10.3. The van der Waals surface area contributed by atoms with Crippen LogP contribution in [0.2, 0.25) is 0 Å². The molecular weight excluding hydrogens is 300 g/mol. The fraction of sp³-hybridized carbons (Fsp3) is 0.700. The van der Waals surface area contributed by atoms with Crippen molar-refractivity contribution in [2.45, 2.75) is 70.4 Å². The van der Waals surface area contributed by atoms with E-state index in [-0.39, 0.29) is 11.7 Å². The van der Waals surface area contributed by atoms with Crippen LogP contribution in [0.1, 0.15) is 44.7 Å². The van der Waals surface area contributed by atoms with E-state index < -0.39 is 0 Å². The Kier molecular flexibility index (Phi) is 5.60. The van der Waals surface area contributed by atoms with Crippen LogP contribution in [0.15, 0.2) is 24.3 Å². The normalized spacial score (nSPS) is 25.8. The second kappa shape index (κ2) is 7.52. The van der Waals surface area contributed by atoms with Gasteiger partial charge in [-0.1, -0.05) is 24.3 Å². The van der Waals surface area contributed by atoms with E-state index in [2.05, 4.69) is 55.3 Å². The molecule has 1 atom stereocenters. The second-order valence-electron chi connectivity index (χ2n) is 8.34. The molecule has 1 fully saturated rings. The van der Waals surface area contributed by atoms with Crippen molar-refractivity contribution < 1.29 is 9.84 Å². The molecule has 0 saturated heterocycles. The Balaban J connectivity index is 1.34. The van der Waals surface area contributed by atoms with Gasteiger partial charge >= 0.3 is 0 Å². The Hall–Kier alpha value is -0.940. The number of rotatable bonds is 6. The summed E-state index contributed by atoms with van der Waals surface area (Å²) in [4.78, 5) is 2.36. The molecule has 0 amide bonds. The average Bonchev–Trinajstić information content (AvgIpc) is 2.48. The quantitative estimate of drug-likeness (QED) is 0.839. The number of nitrogens with one attached hydrogen (secondary N) is 1.